The van der Waals surface area contributed by atoms with E-state index >= 15 is 0 Å². The van der Waals surface area contributed by atoms with Crippen molar-refractivity contribution in [2.75, 3.05) is 32.8 Å². The van der Waals surface area contributed by atoms with Crippen LogP contribution in [-0.2, 0) is 6.54 Å². The third-order valence-electron chi connectivity index (χ3n) is 7.91. The fraction of sp³-hybridized carbons (Fsp3) is 0.273. The summed E-state index contributed by atoms with van der Waals surface area (Å²) in [6.07, 6.45) is 7.93. The van der Waals surface area contributed by atoms with Gasteiger partial charge in [-0.3, -0.25) is 20.0 Å². The molecule has 0 aliphatic carbocycles. The van der Waals surface area contributed by atoms with Crippen LogP contribution in [0.1, 0.15) is 25.3 Å². The van der Waals surface area contributed by atoms with Crippen LogP contribution in [0, 0.1) is 5.82 Å². The maximum atomic E-state index is 14.8. The van der Waals surface area contributed by atoms with Crippen LogP contribution in [0.2, 0.25) is 0 Å². The third-order valence-corrected chi connectivity index (χ3v) is 7.91. The number of ether oxygens (including phenoxy) is 1. The van der Waals surface area contributed by atoms with Gasteiger partial charge in [-0.05, 0) is 73.9 Å². The van der Waals surface area contributed by atoms with Crippen LogP contribution >= 0.6 is 0 Å². The maximum absolute atomic E-state index is 14.8. The Kier molecular flexibility index (Phi) is 7.53. The van der Waals surface area contributed by atoms with E-state index in [0.29, 0.717) is 29.4 Å². The van der Waals surface area contributed by atoms with Gasteiger partial charge in [-0.2, -0.15) is 5.10 Å². The minimum Gasteiger partial charge on any atom is -0.492 e. The molecule has 0 bridgehead atoms. The number of halogens is 1. The molecular weight excluding hydrogens is 543 g/mol. The SMILES string of the molecule is CCNCc1cncc(-c2cc3c(-c4nc5c(-c6cc(F)cc(OCCN7CCCC7)c6)cccc5[nH]4)n[nH]c3cn2)c1. The second kappa shape index (κ2) is 11.9. The third kappa shape index (κ3) is 5.71. The first-order valence-corrected chi connectivity index (χ1v) is 14.8. The smallest absolute Gasteiger partial charge is 0.159 e. The predicted molar refractivity (Wildman–Crippen MR) is 166 cm³/mol. The minimum absolute atomic E-state index is 0.344. The summed E-state index contributed by atoms with van der Waals surface area (Å²) in [6.45, 7) is 7.29. The van der Waals surface area contributed by atoms with Crippen molar-refractivity contribution in [1.82, 2.24) is 40.3 Å². The molecule has 1 fully saturated rings. The van der Waals surface area contributed by atoms with Crippen LogP contribution in [0.15, 0.2) is 67.1 Å². The molecule has 0 saturated carbocycles. The normalized spacial score (nSPS) is 13.8. The number of aromatic nitrogens is 6. The van der Waals surface area contributed by atoms with Crippen molar-refractivity contribution in [2.45, 2.75) is 26.3 Å². The Morgan fingerprint density at radius 3 is 2.79 bits per heavy atom. The zero-order valence-corrected chi connectivity index (χ0v) is 24.0. The van der Waals surface area contributed by atoms with Crippen molar-refractivity contribution >= 4 is 21.9 Å². The number of hydrogen-bond acceptors (Lipinski definition) is 7. The van der Waals surface area contributed by atoms with Crippen molar-refractivity contribution in [3.8, 4) is 39.7 Å². The van der Waals surface area contributed by atoms with E-state index in [1.165, 1.54) is 25.0 Å². The monoisotopic (exact) mass is 576 g/mol. The summed E-state index contributed by atoms with van der Waals surface area (Å²) < 4.78 is 20.7. The molecule has 1 aliphatic rings. The fourth-order valence-corrected chi connectivity index (χ4v) is 5.73. The average molecular weight is 577 g/mol. The predicted octanol–water partition coefficient (Wildman–Crippen LogP) is 5.95. The number of rotatable bonds is 10. The van der Waals surface area contributed by atoms with Gasteiger partial charge in [0.25, 0.3) is 0 Å². The number of fused-ring (bicyclic) bond motifs is 2. The number of H-pyrrole nitrogens is 2. The second-order valence-electron chi connectivity index (χ2n) is 10.9. The Bertz CT molecular complexity index is 1890. The number of imidazole rings is 1. The quantitative estimate of drug-likeness (QED) is 0.185. The van der Waals surface area contributed by atoms with E-state index in [0.717, 1.165) is 77.0 Å². The van der Waals surface area contributed by atoms with Crippen molar-refractivity contribution < 1.29 is 9.13 Å². The molecule has 218 valence electrons. The molecular formula is C33H33FN8O. The number of nitrogens with one attached hydrogen (secondary N) is 3. The number of benzene rings is 2. The molecule has 0 radical (unpaired) electrons. The first kappa shape index (κ1) is 27.2. The molecule has 4 aromatic heterocycles. The molecule has 0 atom stereocenters. The molecule has 6 aromatic rings. The lowest BCUT2D eigenvalue weighted by Gasteiger charge is -2.15. The van der Waals surface area contributed by atoms with Gasteiger partial charge in [0.2, 0.25) is 0 Å². The summed E-state index contributed by atoms with van der Waals surface area (Å²) in [5.41, 5.74) is 7.40. The zero-order valence-electron chi connectivity index (χ0n) is 24.0. The summed E-state index contributed by atoms with van der Waals surface area (Å²) >= 11 is 0. The number of para-hydroxylation sites is 1. The highest BCUT2D eigenvalue weighted by atomic mass is 19.1. The summed E-state index contributed by atoms with van der Waals surface area (Å²) in [7, 11) is 0. The summed E-state index contributed by atoms with van der Waals surface area (Å²) in [6, 6.07) is 14.8. The molecule has 43 heavy (non-hydrogen) atoms. The number of pyridine rings is 2. The van der Waals surface area contributed by atoms with Crippen LogP contribution in [0.25, 0.3) is 55.8 Å². The molecule has 0 spiro atoms. The molecule has 1 aliphatic heterocycles. The Morgan fingerprint density at radius 1 is 1.00 bits per heavy atom. The first-order chi connectivity index (χ1) is 21.1. The van der Waals surface area contributed by atoms with Crippen molar-refractivity contribution in [3.63, 3.8) is 0 Å². The van der Waals surface area contributed by atoms with E-state index in [9.17, 15) is 4.39 Å². The number of nitrogens with zero attached hydrogens (tertiary/aromatic N) is 5. The standard InChI is InChI=1S/C33H33FN8O/c1-2-35-17-21-12-23(19-36-18-21)29-16-27-30(20-37-29)40-41-32(27)33-38-28-7-5-6-26(31(28)39-33)22-13-24(34)15-25(14-22)43-11-10-42-8-3-4-9-42/h5-7,12-16,18-20,35H,2-4,8-11,17H2,1H3,(H,38,39)(H,40,41). The van der Waals surface area contributed by atoms with Crippen LogP contribution in [-0.4, -0.2) is 67.8 Å². The van der Waals surface area contributed by atoms with E-state index in [2.05, 4.69) is 48.4 Å². The van der Waals surface area contributed by atoms with E-state index in [-0.39, 0.29) is 5.82 Å². The first-order valence-electron chi connectivity index (χ1n) is 14.8. The Morgan fingerprint density at radius 2 is 1.91 bits per heavy atom. The highest BCUT2D eigenvalue weighted by molar-refractivity contribution is 5.97. The molecule has 5 heterocycles. The van der Waals surface area contributed by atoms with Crippen LogP contribution in [0.4, 0.5) is 4.39 Å². The molecule has 2 aromatic carbocycles. The second-order valence-corrected chi connectivity index (χ2v) is 10.9. The van der Waals surface area contributed by atoms with E-state index in [1.807, 2.05) is 42.7 Å². The Labute approximate surface area is 248 Å². The molecule has 3 N–H and O–H groups in total. The Balaban J connectivity index is 1.20. The van der Waals surface area contributed by atoms with Gasteiger partial charge < -0.3 is 15.0 Å². The number of likely N-dealkylation sites (tertiary alicyclic amines) is 1. The summed E-state index contributed by atoms with van der Waals surface area (Å²) in [4.78, 5) is 19.8. The number of hydrogen-bond donors (Lipinski definition) is 3. The molecule has 0 unspecified atom stereocenters. The number of aromatic amines is 2. The van der Waals surface area contributed by atoms with Crippen LogP contribution in [0.3, 0.4) is 0 Å². The van der Waals surface area contributed by atoms with Crippen molar-refractivity contribution in [2.24, 2.45) is 0 Å². The Hall–Kier alpha value is -4.67. The molecule has 1 saturated heterocycles. The minimum atomic E-state index is -0.344. The molecule has 10 heteroatoms. The highest BCUT2D eigenvalue weighted by Crippen LogP contribution is 2.34. The largest absolute Gasteiger partial charge is 0.492 e. The molecule has 7 rings (SSSR count). The van der Waals surface area contributed by atoms with Gasteiger partial charge in [-0.1, -0.05) is 19.1 Å². The van der Waals surface area contributed by atoms with Gasteiger partial charge in [0.1, 0.15) is 23.9 Å². The maximum Gasteiger partial charge on any atom is 0.159 e. The average Bonchev–Trinajstić information content (AvgIpc) is 3.79. The van der Waals surface area contributed by atoms with Gasteiger partial charge in [0, 0.05) is 48.1 Å². The van der Waals surface area contributed by atoms with E-state index < -0.39 is 0 Å². The van der Waals surface area contributed by atoms with Crippen molar-refractivity contribution in [1.29, 1.82) is 0 Å². The van der Waals surface area contributed by atoms with E-state index in [1.54, 1.807) is 6.20 Å². The highest BCUT2D eigenvalue weighted by Gasteiger charge is 2.17. The lowest BCUT2D eigenvalue weighted by Crippen LogP contribution is -2.25. The fourth-order valence-electron chi connectivity index (χ4n) is 5.73. The van der Waals surface area contributed by atoms with Gasteiger partial charge in [-0.15, -0.1) is 0 Å². The van der Waals surface area contributed by atoms with Gasteiger partial charge in [-0.25, -0.2) is 9.37 Å². The molecule has 9 nitrogen and oxygen atoms in total. The summed E-state index contributed by atoms with van der Waals surface area (Å²) in [5, 5.41) is 11.9. The zero-order chi connectivity index (χ0) is 29.2. The summed E-state index contributed by atoms with van der Waals surface area (Å²) in [5.74, 6) is 0.788. The topological polar surface area (TPSA) is 108 Å². The van der Waals surface area contributed by atoms with E-state index in [4.69, 9.17) is 9.72 Å². The molecule has 0 amide bonds. The van der Waals surface area contributed by atoms with Gasteiger partial charge in [0.05, 0.1) is 28.4 Å². The van der Waals surface area contributed by atoms with Crippen LogP contribution in [0.5, 0.6) is 5.75 Å². The van der Waals surface area contributed by atoms with Crippen molar-refractivity contribution in [3.05, 3.63) is 78.5 Å². The lowest BCUT2D eigenvalue weighted by molar-refractivity contribution is 0.237. The lowest BCUT2D eigenvalue weighted by atomic mass is 10.0. The van der Waals surface area contributed by atoms with Gasteiger partial charge >= 0.3 is 0 Å². The van der Waals surface area contributed by atoms with Gasteiger partial charge in [0.15, 0.2) is 5.82 Å². The van der Waals surface area contributed by atoms with Crippen LogP contribution < -0.4 is 10.1 Å².